The Morgan fingerprint density at radius 1 is 1.47 bits per heavy atom. The van der Waals surface area contributed by atoms with Crippen molar-refractivity contribution in [3.8, 4) is 0 Å². The molecule has 0 saturated heterocycles. The van der Waals surface area contributed by atoms with Crippen molar-refractivity contribution in [2.45, 2.75) is 13.3 Å². The van der Waals surface area contributed by atoms with E-state index in [0.717, 1.165) is 23.2 Å². The number of nitrogens with zero attached hydrogens (tertiary/aromatic N) is 3. The molecule has 2 N–H and O–H groups in total. The van der Waals surface area contributed by atoms with Gasteiger partial charge in [0.2, 0.25) is 0 Å². The van der Waals surface area contributed by atoms with E-state index in [0.29, 0.717) is 5.82 Å². The molecule has 4 heteroatoms. The van der Waals surface area contributed by atoms with Crippen LogP contribution in [-0.2, 0) is 13.5 Å². The predicted octanol–water partition coefficient (Wildman–Crippen LogP) is 1.30. The monoisotopic (exact) mass is 202 g/mol. The smallest absolute Gasteiger partial charge is 0.126 e. The number of nitrogens with two attached hydrogens (primary N) is 1. The van der Waals surface area contributed by atoms with Gasteiger partial charge in [-0.15, -0.1) is 0 Å². The molecule has 0 unspecified atom stereocenters. The minimum Gasteiger partial charge on any atom is -0.383 e. The first-order valence-electron chi connectivity index (χ1n) is 4.84. The molecule has 2 aromatic rings. The van der Waals surface area contributed by atoms with E-state index in [2.05, 4.69) is 16.1 Å². The molecule has 4 nitrogen and oxygen atoms in total. The van der Waals surface area contributed by atoms with E-state index in [4.69, 9.17) is 5.73 Å². The highest BCUT2D eigenvalue weighted by Crippen LogP contribution is 2.14. The van der Waals surface area contributed by atoms with Gasteiger partial charge in [0.05, 0.1) is 5.69 Å². The van der Waals surface area contributed by atoms with Gasteiger partial charge in [0.25, 0.3) is 0 Å². The third-order valence-electron chi connectivity index (χ3n) is 2.28. The van der Waals surface area contributed by atoms with Crippen LogP contribution in [0.4, 0.5) is 5.82 Å². The molecule has 2 heterocycles. The van der Waals surface area contributed by atoms with Crippen LogP contribution < -0.4 is 5.73 Å². The lowest BCUT2D eigenvalue weighted by Gasteiger charge is -2.03. The molecule has 0 radical (unpaired) electrons. The number of aromatic nitrogens is 3. The molecule has 0 saturated carbocycles. The number of pyridine rings is 1. The third kappa shape index (κ3) is 2.15. The molecule has 15 heavy (non-hydrogen) atoms. The van der Waals surface area contributed by atoms with Gasteiger partial charge in [0.1, 0.15) is 5.82 Å². The largest absolute Gasteiger partial charge is 0.383 e. The summed E-state index contributed by atoms with van der Waals surface area (Å²) in [5.41, 5.74) is 8.97. The fraction of sp³-hybridized carbons (Fsp3) is 0.273. The van der Waals surface area contributed by atoms with Crippen molar-refractivity contribution in [1.82, 2.24) is 14.8 Å². The topological polar surface area (TPSA) is 56.7 Å². The lowest BCUT2D eigenvalue weighted by molar-refractivity contribution is 0.749. The summed E-state index contributed by atoms with van der Waals surface area (Å²) in [4.78, 5) is 4.12. The number of hydrogen-bond donors (Lipinski definition) is 1. The molecule has 2 rings (SSSR count). The third-order valence-corrected chi connectivity index (χ3v) is 2.28. The Morgan fingerprint density at radius 2 is 2.27 bits per heavy atom. The van der Waals surface area contributed by atoms with Crippen LogP contribution in [0.25, 0.3) is 0 Å². The van der Waals surface area contributed by atoms with Gasteiger partial charge in [-0.25, -0.2) is 4.98 Å². The average molecular weight is 202 g/mol. The Hall–Kier alpha value is -1.84. The van der Waals surface area contributed by atoms with E-state index >= 15 is 0 Å². The minimum atomic E-state index is 0.589. The quantitative estimate of drug-likeness (QED) is 0.798. The molecule has 0 amide bonds. The van der Waals surface area contributed by atoms with Crippen LogP contribution in [0.2, 0.25) is 0 Å². The Bertz CT molecular complexity index is 473. The van der Waals surface area contributed by atoms with E-state index in [1.807, 2.05) is 26.2 Å². The fourth-order valence-corrected chi connectivity index (χ4v) is 1.53. The molecule has 78 valence electrons. The Morgan fingerprint density at radius 3 is 2.93 bits per heavy atom. The highest BCUT2D eigenvalue weighted by molar-refractivity contribution is 5.42. The highest BCUT2D eigenvalue weighted by atomic mass is 15.2. The van der Waals surface area contributed by atoms with Crippen molar-refractivity contribution >= 4 is 5.82 Å². The van der Waals surface area contributed by atoms with Crippen LogP contribution in [0.5, 0.6) is 0 Å². The molecular weight excluding hydrogens is 188 g/mol. The van der Waals surface area contributed by atoms with E-state index in [-0.39, 0.29) is 0 Å². The summed E-state index contributed by atoms with van der Waals surface area (Å²) < 4.78 is 1.79. The van der Waals surface area contributed by atoms with Crippen molar-refractivity contribution in [3.63, 3.8) is 0 Å². The summed E-state index contributed by atoms with van der Waals surface area (Å²) in [5.74, 6) is 0.589. The zero-order chi connectivity index (χ0) is 10.8. The van der Waals surface area contributed by atoms with Gasteiger partial charge in [0, 0.05) is 31.4 Å². The first-order valence-corrected chi connectivity index (χ1v) is 4.84. The first kappa shape index (κ1) is 9.71. The predicted molar refractivity (Wildman–Crippen MR) is 59.4 cm³/mol. The van der Waals surface area contributed by atoms with Crippen LogP contribution >= 0.6 is 0 Å². The van der Waals surface area contributed by atoms with E-state index in [9.17, 15) is 0 Å². The maximum atomic E-state index is 5.80. The van der Waals surface area contributed by atoms with Crippen molar-refractivity contribution in [1.29, 1.82) is 0 Å². The minimum absolute atomic E-state index is 0.589. The molecule has 0 aromatic carbocycles. The summed E-state index contributed by atoms with van der Waals surface area (Å²) >= 11 is 0. The maximum Gasteiger partial charge on any atom is 0.126 e. The van der Waals surface area contributed by atoms with Gasteiger partial charge in [-0.3, -0.25) is 4.68 Å². The zero-order valence-corrected chi connectivity index (χ0v) is 8.94. The van der Waals surface area contributed by atoms with Gasteiger partial charge >= 0.3 is 0 Å². The fourth-order valence-electron chi connectivity index (χ4n) is 1.53. The Labute approximate surface area is 88.8 Å². The maximum absolute atomic E-state index is 5.80. The molecule has 0 bridgehead atoms. The van der Waals surface area contributed by atoms with Crippen molar-refractivity contribution < 1.29 is 0 Å². The standard InChI is InChI=1S/C11H14N4/c1-8-5-9(11(12)13-7-8)6-10-3-4-15(2)14-10/h3-5,7H,6H2,1-2H3,(H2,12,13). The van der Waals surface area contributed by atoms with Crippen molar-refractivity contribution in [2.75, 3.05) is 5.73 Å². The van der Waals surface area contributed by atoms with Gasteiger partial charge in [0.15, 0.2) is 0 Å². The summed E-state index contributed by atoms with van der Waals surface area (Å²) in [6, 6.07) is 4.04. The van der Waals surface area contributed by atoms with Crippen molar-refractivity contribution in [2.24, 2.45) is 7.05 Å². The van der Waals surface area contributed by atoms with Crippen LogP contribution in [0.3, 0.4) is 0 Å². The highest BCUT2D eigenvalue weighted by Gasteiger charge is 2.04. The second-order valence-electron chi connectivity index (χ2n) is 3.71. The summed E-state index contributed by atoms with van der Waals surface area (Å²) in [6.45, 7) is 2.01. The van der Waals surface area contributed by atoms with Gasteiger partial charge in [-0.05, 0) is 18.6 Å². The molecule has 0 aliphatic rings. The Balaban J connectivity index is 2.27. The summed E-state index contributed by atoms with van der Waals surface area (Å²) in [7, 11) is 1.90. The summed E-state index contributed by atoms with van der Waals surface area (Å²) in [5, 5.41) is 4.31. The van der Waals surface area contributed by atoms with E-state index in [1.54, 1.807) is 10.9 Å². The number of hydrogen-bond acceptors (Lipinski definition) is 3. The van der Waals surface area contributed by atoms with Crippen LogP contribution in [-0.4, -0.2) is 14.8 Å². The number of rotatable bonds is 2. The lowest BCUT2D eigenvalue weighted by Crippen LogP contribution is -2.00. The van der Waals surface area contributed by atoms with Crippen LogP contribution in [0, 0.1) is 6.92 Å². The number of anilines is 1. The molecule has 0 spiro atoms. The molecule has 2 aromatic heterocycles. The zero-order valence-electron chi connectivity index (χ0n) is 8.94. The second-order valence-corrected chi connectivity index (χ2v) is 3.71. The molecule has 0 aliphatic carbocycles. The number of nitrogen functional groups attached to an aromatic ring is 1. The second kappa shape index (κ2) is 3.73. The van der Waals surface area contributed by atoms with E-state index < -0.39 is 0 Å². The molecule has 0 fully saturated rings. The normalized spacial score (nSPS) is 10.5. The van der Waals surface area contributed by atoms with Crippen LogP contribution in [0.1, 0.15) is 16.8 Å². The first-order chi connectivity index (χ1) is 7.15. The molecule has 0 aliphatic heterocycles. The van der Waals surface area contributed by atoms with Crippen LogP contribution in [0.15, 0.2) is 24.5 Å². The average Bonchev–Trinajstić information content (AvgIpc) is 2.58. The molecular formula is C11H14N4. The van der Waals surface area contributed by atoms with Crippen molar-refractivity contribution in [3.05, 3.63) is 41.3 Å². The Kier molecular flexibility index (Phi) is 2.41. The van der Waals surface area contributed by atoms with Gasteiger partial charge in [-0.2, -0.15) is 5.10 Å². The van der Waals surface area contributed by atoms with Gasteiger partial charge < -0.3 is 5.73 Å². The van der Waals surface area contributed by atoms with E-state index in [1.165, 1.54) is 0 Å². The lowest BCUT2D eigenvalue weighted by atomic mass is 10.1. The summed E-state index contributed by atoms with van der Waals surface area (Å²) in [6.07, 6.45) is 4.44. The van der Waals surface area contributed by atoms with Gasteiger partial charge in [-0.1, -0.05) is 6.07 Å². The molecule has 0 atom stereocenters. The number of aryl methyl sites for hydroxylation is 2. The SMILES string of the molecule is Cc1cnc(N)c(Cc2ccn(C)n2)c1.